The first-order valence-corrected chi connectivity index (χ1v) is 13.2. The van der Waals surface area contributed by atoms with Gasteiger partial charge in [-0.3, -0.25) is 4.79 Å². The maximum Gasteiger partial charge on any atom is 0.257 e. The van der Waals surface area contributed by atoms with Crippen LogP contribution in [0.2, 0.25) is 5.02 Å². The predicted octanol–water partition coefficient (Wildman–Crippen LogP) is 4.10. The Balaban J connectivity index is 1.35. The Labute approximate surface area is 199 Å². The Morgan fingerprint density at radius 1 is 1.09 bits per heavy atom. The lowest BCUT2D eigenvalue weighted by molar-refractivity contribution is 0.0794. The molecule has 0 radical (unpaired) electrons. The molecule has 3 aromatic rings. The van der Waals surface area contributed by atoms with Crippen molar-refractivity contribution in [2.75, 3.05) is 26.2 Å². The standard InChI is InChI=1S/C24H27ClN4O3S/c1-17-21(25)5-4-6-23(17)33(31,32)28-12-7-18(8-13-28)19-9-14-29-22(15-19)20(16-26-29)24(30)27-10-2-3-11-27/h4-6,9,14-16,18H,2-3,7-8,10-13H2,1H3. The summed E-state index contributed by atoms with van der Waals surface area (Å²) in [5.74, 6) is 0.268. The van der Waals surface area contributed by atoms with Crippen molar-refractivity contribution >= 4 is 33.0 Å². The van der Waals surface area contributed by atoms with E-state index in [1.165, 1.54) is 0 Å². The van der Waals surface area contributed by atoms with Gasteiger partial charge in [0.05, 0.1) is 22.2 Å². The zero-order chi connectivity index (χ0) is 23.2. The second-order valence-electron chi connectivity index (χ2n) is 8.89. The fraction of sp³-hybridized carbons (Fsp3) is 0.417. The minimum Gasteiger partial charge on any atom is -0.339 e. The van der Waals surface area contributed by atoms with Crippen LogP contribution in [-0.4, -0.2) is 59.3 Å². The van der Waals surface area contributed by atoms with Crippen LogP contribution in [0.5, 0.6) is 0 Å². The molecule has 0 unspecified atom stereocenters. The molecule has 1 amide bonds. The van der Waals surface area contributed by atoms with Crippen molar-refractivity contribution in [2.45, 2.75) is 43.4 Å². The van der Waals surface area contributed by atoms with Crippen molar-refractivity contribution in [3.63, 3.8) is 0 Å². The monoisotopic (exact) mass is 486 g/mol. The van der Waals surface area contributed by atoms with Gasteiger partial charge < -0.3 is 4.90 Å². The maximum atomic E-state index is 13.2. The van der Waals surface area contributed by atoms with Gasteiger partial charge >= 0.3 is 0 Å². The molecule has 33 heavy (non-hydrogen) atoms. The number of halogens is 1. The number of carbonyl (C=O) groups is 1. The summed E-state index contributed by atoms with van der Waals surface area (Å²) in [5.41, 5.74) is 3.15. The van der Waals surface area contributed by atoms with Gasteiger partial charge in [0, 0.05) is 37.4 Å². The van der Waals surface area contributed by atoms with E-state index in [0.717, 1.165) is 49.9 Å². The van der Waals surface area contributed by atoms with E-state index >= 15 is 0 Å². The maximum absolute atomic E-state index is 13.2. The van der Waals surface area contributed by atoms with Crippen molar-refractivity contribution in [1.82, 2.24) is 18.8 Å². The second-order valence-corrected chi connectivity index (χ2v) is 11.2. The van der Waals surface area contributed by atoms with Gasteiger partial charge in [-0.25, -0.2) is 12.9 Å². The number of sulfonamides is 1. The number of carbonyl (C=O) groups excluding carboxylic acids is 1. The summed E-state index contributed by atoms with van der Waals surface area (Å²) in [6.45, 7) is 4.24. The molecule has 0 N–H and O–H groups in total. The second kappa shape index (κ2) is 8.74. The third-order valence-corrected chi connectivity index (χ3v) is 9.38. The van der Waals surface area contributed by atoms with Crippen LogP contribution in [0.4, 0.5) is 0 Å². The van der Waals surface area contributed by atoms with Gasteiger partial charge in [-0.05, 0) is 73.9 Å². The normalized spacial score (nSPS) is 18.3. The minimum atomic E-state index is -3.59. The number of hydrogen-bond acceptors (Lipinski definition) is 4. The predicted molar refractivity (Wildman–Crippen MR) is 127 cm³/mol. The number of rotatable bonds is 4. The fourth-order valence-electron chi connectivity index (χ4n) is 4.94. The molecule has 0 bridgehead atoms. The van der Waals surface area contributed by atoms with Crippen LogP contribution in [0.25, 0.3) is 5.52 Å². The lowest BCUT2D eigenvalue weighted by Crippen LogP contribution is -2.38. The van der Waals surface area contributed by atoms with E-state index in [-0.39, 0.29) is 16.7 Å². The SMILES string of the molecule is Cc1c(Cl)cccc1S(=O)(=O)N1CCC(c2ccn3ncc(C(=O)N4CCCC4)c3c2)CC1. The summed E-state index contributed by atoms with van der Waals surface area (Å²) < 4.78 is 29.7. The van der Waals surface area contributed by atoms with Crippen LogP contribution in [0.1, 0.15) is 53.1 Å². The number of benzene rings is 1. The smallest absolute Gasteiger partial charge is 0.257 e. The molecule has 1 aromatic carbocycles. The van der Waals surface area contributed by atoms with Gasteiger partial charge in [-0.15, -0.1) is 0 Å². The van der Waals surface area contributed by atoms with E-state index in [0.29, 0.717) is 29.2 Å². The first kappa shape index (κ1) is 22.4. The van der Waals surface area contributed by atoms with Gasteiger partial charge in [0.15, 0.2) is 0 Å². The molecule has 7 nitrogen and oxygen atoms in total. The Bertz CT molecular complexity index is 1310. The Morgan fingerprint density at radius 2 is 1.82 bits per heavy atom. The third kappa shape index (κ3) is 4.05. The van der Waals surface area contributed by atoms with Crippen LogP contribution >= 0.6 is 11.6 Å². The zero-order valence-corrected chi connectivity index (χ0v) is 20.1. The van der Waals surface area contributed by atoms with E-state index in [1.54, 1.807) is 40.1 Å². The van der Waals surface area contributed by atoms with Crippen LogP contribution in [0.15, 0.2) is 47.6 Å². The van der Waals surface area contributed by atoms with Crippen molar-refractivity contribution in [3.8, 4) is 0 Å². The lowest BCUT2D eigenvalue weighted by Gasteiger charge is -2.32. The molecule has 0 atom stereocenters. The number of aromatic nitrogens is 2. The van der Waals surface area contributed by atoms with Crippen LogP contribution in [-0.2, 0) is 10.0 Å². The highest BCUT2D eigenvalue weighted by Crippen LogP contribution is 2.33. The number of likely N-dealkylation sites (tertiary alicyclic amines) is 1. The summed E-state index contributed by atoms with van der Waals surface area (Å²) >= 11 is 6.16. The van der Waals surface area contributed by atoms with Crippen molar-refractivity contribution in [1.29, 1.82) is 0 Å². The van der Waals surface area contributed by atoms with Gasteiger partial charge in [-0.2, -0.15) is 9.40 Å². The van der Waals surface area contributed by atoms with E-state index in [9.17, 15) is 13.2 Å². The van der Waals surface area contributed by atoms with Crippen LogP contribution in [0, 0.1) is 6.92 Å². The minimum absolute atomic E-state index is 0.0393. The molecule has 0 saturated carbocycles. The first-order chi connectivity index (χ1) is 15.9. The number of amides is 1. The summed E-state index contributed by atoms with van der Waals surface area (Å²) in [5, 5.41) is 4.82. The van der Waals surface area contributed by atoms with E-state index in [2.05, 4.69) is 5.10 Å². The van der Waals surface area contributed by atoms with Gasteiger partial charge in [0.2, 0.25) is 10.0 Å². The Morgan fingerprint density at radius 3 is 2.55 bits per heavy atom. The molecule has 2 fully saturated rings. The average Bonchev–Trinajstić information content (AvgIpc) is 3.50. The van der Waals surface area contributed by atoms with E-state index in [1.807, 2.05) is 23.2 Å². The molecule has 2 aliphatic heterocycles. The lowest BCUT2D eigenvalue weighted by atomic mass is 9.90. The molecule has 2 aromatic heterocycles. The zero-order valence-electron chi connectivity index (χ0n) is 18.6. The number of pyridine rings is 1. The van der Waals surface area contributed by atoms with E-state index < -0.39 is 10.0 Å². The number of nitrogens with zero attached hydrogens (tertiary/aromatic N) is 4. The molecule has 9 heteroatoms. The molecule has 0 spiro atoms. The fourth-order valence-corrected chi connectivity index (χ4v) is 6.89. The summed E-state index contributed by atoms with van der Waals surface area (Å²) in [4.78, 5) is 15.1. The highest BCUT2D eigenvalue weighted by molar-refractivity contribution is 7.89. The summed E-state index contributed by atoms with van der Waals surface area (Å²) in [6.07, 6.45) is 7.09. The number of piperidine rings is 1. The summed E-state index contributed by atoms with van der Waals surface area (Å²) in [7, 11) is -3.59. The molecule has 174 valence electrons. The Hall–Kier alpha value is -2.42. The number of hydrogen-bond donors (Lipinski definition) is 0. The highest BCUT2D eigenvalue weighted by Gasteiger charge is 2.31. The van der Waals surface area contributed by atoms with Crippen LogP contribution < -0.4 is 0 Å². The van der Waals surface area contributed by atoms with Gasteiger partial charge in [0.1, 0.15) is 0 Å². The first-order valence-electron chi connectivity index (χ1n) is 11.4. The molecule has 5 rings (SSSR count). The van der Waals surface area contributed by atoms with Crippen molar-refractivity contribution in [3.05, 3.63) is 64.4 Å². The number of fused-ring (bicyclic) bond motifs is 1. The van der Waals surface area contributed by atoms with E-state index in [4.69, 9.17) is 11.6 Å². The molecular weight excluding hydrogens is 460 g/mol. The molecular formula is C24H27ClN4O3S. The molecule has 0 aliphatic carbocycles. The topological polar surface area (TPSA) is 75.0 Å². The van der Waals surface area contributed by atoms with Crippen molar-refractivity contribution < 1.29 is 13.2 Å². The van der Waals surface area contributed by atoms with Crippen LogP contribution in [0.3, 0.4) is 0 Å². The quantitative estimate of drug-likeness (QED) is 0.556. The molecule has 4 heterocycles. The molecule has 2 aliphatic rings. The Kier molecular flexibility index (Phi) is 5.93. The summed E-state index contributed by atoms with van der Waals surface area (Å²) in [6, 6.07) is 9.08. The van der Waals surface area contributed by atoms with Gasteiger partial charge in [0.25, 0.3) is 5.91 Å². The average molecular weight is 487 g/mol. The van der Waals surface area contributed by atoms with Gasteiger partial charge in [-0.1, -0.05) is 17.7 Å². The highest BCUT2D eigenvalue weighted by atomic mass is 35.5. The third-order valence-electron chi connectivity index (χ3n) is 6.93. The largest absolute Gasteiger partial charge is 0.339 e. The molecule has 2 saturated heterocycles. The van der Waals surface area contributed by atoms with Crippen molar-refractivity contribution in [2.24, 2.45) is 0 Å².